The Hall–Kier alpha value is -2.27. The lowest BCUT2D eigenvalue weighted by molar-refractivity contribution is 0.269. The molecule has 1 unspecified atom stereocenters. The van der Waals surface area contributed by atoms with Crippen molar-refractivity contribution in [1.82, 2.24) is 15.6 Å². The van der Waals surface area contributed by atoms with Gasteiger partial charge in [-0.2, -0.15) is 0 Å². The van der Waals surface area contributed by atoms with Gasteiger partial charge in [-0.3, -0.25) is 4.99 Å². The van der Waals surface area contributed by atoms with Gasteiger partial charge in [0.2, 0.25) is 0 Å². The van der Waals surface area contributed by atoms with Crippen LogP contribution in [0.5, 0.6) is 5.75 Å². The lowest BCUT2D eigenvalue weighted by Gasteiger charge is -2.25. The second-order valence-corrected chi connectivity index (χ2v) is 6.64. The van der Waals surface area contributed by atoms with E-state index in [0.29, 0.717) is 11.1 Å². The Balaban J connectivity index is 1.56. The van der Waals surface area contributed by atoms with Gasteiger partial charge in [0.1, 0.15) is 10.9 Å². The molecule has 0 aliphatic carbocycles. The zero-order valence-electron chi connectivity index (χ0n) is 15.0. The highest BCUT2D eigenvalue weighted by molar-refractivity contribution is 6.29. The van der Waals surface area contributed by atoms with Crippen molar-refractivity contribution in [3.8, 4) is 5.75 Å². The van der Waals surface area contributed by atoms with Gasteiger partial charge in [0.05, 0.1) is 6.61 Å². The highest BCUT2D eigenvalue weighted by atomic mass is 35.5. The molecule has 1 aliphatic rings. The first-order valence-corrected chi connectivity index (χ1v) is 9.48. The highest BCUT2D eigenvalue weighted by Gasteiger charge is 2.20. The number of halogens is 1. The van der Waals surface area contributed by atoms with Crippen LogP contribution in [0, 0.1) is 0 Å². The number of hydrogen-bond donors (Lipinski definition) is 2. The Kier molecular flexibility index (Phi) is 6.72. The number of benzene rings is 1. The van der Waals surface area contributed by atoms with Crippen molar-refractivity contribution < 1.29 is 4.74 Å². The molecule has 2 N–H and O–H groups in total. The SMILES string of the molecule is CCNC(=NCC1CCOc2ccccc21)NCCc1ccc(Cl)nc1. The minimum absolute atomic E-state index is 0.399. The topological polar surface area (TPSA) is 58.5 Å². The van der Waals surface area contributed by atoms with Crippen molar-refractivity contribution in [3.05, 3.63) is 58.9 Å². The van der Waals surface area contributed by atoms with Gasteiger partial charge in [-0.25, -0.2) is 4.98 Å². The lowest BCUT2D eigenvalue weighted by Crippen LogP contribution is -2.38. The number of para-hydroxylation sites is 1. The van der Waals surface area contributed by atoms with Gasteiger partial charge >= 0.3 is 0 Å². The normalized spacial score (nSPS) is 16.5. The van der Waals surface area contributed by atoms with Crippen molar-refractivity contribution >= 4 is 17.6 Å². The average Bonchev–Trinajstić information content (AvgIpc) is 2.67. The van der Waals surface area contributed by atoms with E-state index < -0.39 is 0 Å². The smallest absolute Gasteiger partial charge is 0.191 e. The van der Waals surface area contributed by atoms with Crippen LogP contribution >= 0.6 is 11.6 Å². The number of nitrogens with zero attached hydrogens (tertiary/aromatic N) is 2. The molecule has 2 aromatic rings. The van der Waals surface area contributed by atoms with Crippen LogP contribution in [0.1, 0.15) is 30.4 Å². The standard InChI is InChI=1S/C20H25ClN4O/c1-2-22-20(23-11-9-15-7-8-19(21)24-13-15)25-14-16-10-12-26-18-6-4-3-5-17(16)18/h3-8,13,16H,2,9-12,14H2,1H3,(H2,22,23,25). The molecule has 26 heavy (non-hydrogen) atoms. The van der Waals surface area contributed by atoms with Crippen LogP contribution in [0.15, 0.2) is 47.6 Å². The summed E-state index contributed by atoms with van der Waals surface area (Å²) in [6.07, 6.45) is 3.68. The van der Waals surface area contributed by atoms with Crippen LogP contribution in [0.3, 0.4) is 0 Å². The van der Waals surface area contributed by atoms with E-state index in [9.17, 15) is 0 Å². The van der Waals surface area contributed by atoms with E-state index in [1.807, 2.05) is 30.5 Å². The molecule has 0 bridgehead atoms. The lowest BCUT2D eigenvalue weighted by atomic mass is 9.93. The van der Waals surface area contributed by atoms with Gasteiger partial charge < -0.3 is 15.4 Å². The second-order valence-electron chi connectivity index (χ2n) is 6.26. The molecule has 0 saturated carbocycles. The number of hydrogen-bond acceptors (Lipinski definition) is 3. The molecule has 0 saturated heterocycles. The molecule has 6 heteroatoms. The zero-order chi connectivity index (χ0) is 18.2. The Morgan fingerprint density at radius 2 is 2.15 bits per heavy atom. The second kappa shape index (κ2) is 9.43. The monoisotopic (exact) mass is 372 g/mol. The summed E-state index contributed by atoms with van der Waals surface area (Å²) in [4.78, 5) is 8.90. The first-order chi connectivity index (χ1) is 12.8. The largest absolute Gasteiger partial charge is 0.493 e. The van der Waals surface area contributed by atoms with Crippen LogP contribution in [0.2, 0.25) is 5.15 Å². The summed E-state index contributed by atoms with van der Waals surface area (Å²) in [5.74, 6) is 2.24. The van der Waals surface area contributed by atoms with Crippen LogP contribution < -0.4 is 15.4 Å². The van der Waals surface area contributed by atoms with E-state index in [2.05, 4.69) is 34.7 Å². The summed E-state index contributed by atoms with van der Waals surface area (Å²) < 4.78 is 5.74. The fraction of sp³-hybridized carbons (Fsp3) is 0.400. The Labute approximate surface area is 159 Å². The predicted octanol–water partition coefficient (Wildman–Crippen LogP) is 3.40. The third-order valence-electron chi connectivity index (χ3n) is 4.39. The van der Waals surface area contributed by atoms with Crippen LogP contribution in [-0.2, 0) is 6.42 Å². The van der Waals surface area contributed by atoms with E-state index in [4.69, 9.17) is 21.3 Å². The van der Waals surface area contributed by atoms with Crippen molar-refractivity contribution in [1.29, 1.82) is 0 Å². The molecule has 2 heterocycles. The van der Waals surface area contributed by atoms with Crippen LogP contribution in [0.25, 0.3) is 0 Å². The van der Waals surface area contributed by atoms with E-state index in [-0.39, 0.29) is 0 Å². The maximum Gasteiger partial charge on any atom is 0.191 e. The molecule has 0 spiro atoms. The first kappa shape index (κ1) is 18.5. The van der Waals surface area contributed by atoms with Crippen molar-refractivity contribution in [2.75, 3.05) is 26.2 Å². The predicted molar refractivity (Wildman–Crippen MR) is 106 cm³/mol. The molecule has 5 nitrogen and oxygen atoms in total. The summed E-state index contributed by atoms with van der Waals surface area (Å²) in [7, 11) is 0. The fourth-order valence-electron chi connectivity index (χ4n) is 3.03. The number of aliphatic imine (C=N–C) groups is 1. The minimum atomic E-state index is 0.399. The van der Waals surface area contributed by atoms with Crippen LogP contribution in [0.4, 0.5) is 0 Å². The third-order valence-corrected chi connectivity index (χ3v) is 4.62. The van der Waals surface area contributed by atoms with E-state index in [1.165, 1.54) is 5.56 Å². The average molecular weight is 373 g/mol. The minimum Gasteiger partial charge on any atom is -0.493 e. The third kappa shape index (κ3) is 5.11. The van der Waals surface area contributed by atoms with Crippen LogP contribution in [-0.4, -0.2) is 37.2 Å². The van der Waals surface area contributed by atoms with Gasteiger partial charge in [-0.1, -0.05) is 35.9 Å². The Bertz CT molecular complexity index is 733. The van der Waals surface area contributed by atoms with Gasteiger partial charge in [-0.15, -0.1) is 0 Å². The molecule has 1 aromatic heterocycles. The van der Waals surface area contributed by atoms with Gasteiger partial charge in [0.25, 0.3) is 0 Å². The first-order valence-electron chi connectivity index (χ1n) is 9.10. The number of aromatic nitrogens is 1. The Morgan fingerprint density at radius 1 is 1.27 bits per heavy atom. The summed E-state index contributed by atoms with van der Waals surface area (Å²) >= 11 is 5.82. The van der Waals surface area contributed by atoms with Crippen molar-refractivity contribution in [2.24, 2.45) is 4.99 Å². The number of pyridine rings is 1. The summed E-state index contributed by atoms with van der Waals surface area (Å²) in [5.41, 5.74) is 2.40. The zero-order valence-corrected chi connectivity index (χ0v) is 15.8. The van der Waals surface area contributed by atoms with Crippen molar-refractivity contribution in [3.63, 3.8) is 0 Å². The Morgan fingerprint density at radius 3 is 2.96 bits per heavy atom. The maximum atomic E-state index is 5.82. The molecule has 1 aromatic carbocycles. The number of nitrogens with one attached hydrogen (secondary N) is 2. The quantitative estimate of drug-likeness (QED) is 0.463. The van der Waals surface area contributed by atoms with E-state index >= 15 is 0 Å². The summed E-state index contributed by atoms with van der Waals surface area (Å²) in [6.45, 7) is 5.20. The van der Waals surface area contributed by atoms with Gasteiger partial charge in [-0.05, 0) is 43.0 Å². The van der Waals surface area contributed by atoms with Gasteiger partial charge in [0, 0.05) is 31.7 Å². The molecule has 1 atom stereocenters. The molecular weight excluding hydrogens is 348 g/mol. The highest BCUT2D eigenvalue weighted by Crippen LogP contribution is 2.33. The molecular formula is C20H25ClN4O. The number of fused-ring (bicyclic) bond motifs is 1. The number of rotatable bonds is 6. The molecule has 1 aliphatic heterocycles. The summed E-state index contributed by atoms with van der Waals surface area (Å²) in [5, 5.41) is 7.23. The number of ether oxygens (including phenoxy) is 1. The molecule has 0 radical (unpaired) electrons. The molecule has 138 valence electrons. The summed E-state index contributed by atoms with van der Waals surface area (Å²) in [6, 6.07) is 12.1. The molecule has 0 fully saturated rings. The van der Waals surface area contributed by atoms with Gasteiger partial charge in [0.15, 0.2) is 5.96 Å². The maximum absolute atomic E-state index is 5.82. The molecule has 0 amide bonds. The number of guanidine groups is 1. The van der Waals surface area contributed by atoms with Crippen molar-refractivity contribution in [2.45, 2.75) is 25.7 Å². The van der Waals surface area contributed by atoms with E-state index in [1.54, 1.807) is 0 Å². The molecule has 3 rings (SSSR count). The van der Waals surface area contributed by atoms with E-state index in [0.717, 1.165) is 56.4 Å². The fourth-order valence-corrected chi connectivity index (χ4v) is 3.14.